The molecule has 0 spiro atoms. The smallest absolute Gasteiger partial charge is 0.363 e. The van der Waals surface area contributed by atoms with E-state index in [1.807, 2.05) is 48.5 Å². The van der Waals surface area contributed by atoms with Crippen LogP contribution in [0.2, 0.25) is 0 Å². The summed E-state index contributed by atoms with van der Waals surface area (Å²) in [6.45, 7) is 0. The van der Waals surface area contributed by atoms with Gasteiger partial charge in [-0.1, -0.05) is 34.1 Å². The highest BCUT2D eigenvalue weighted by Crippen LogP contribution is 2.23. The third-order valence-electron chi connectivity index (χ3n) is 2.91. The maximum absolute atomic E-state index is 11.9. The van der Waals surface area contributed by atoms with Crippen molar-refractivity contribution in [2.45, 2.75) is 0 Å². The standard InChI is InChI=1S/C16H9BrINO2/c17-13-4-2-1-3-11(13)9-14-16(20)21-15(19-14)10-5-7-12(18)8-6-10/h1-9H/b14-9-. The van der Waals surface area contributed by atoms with Crippen LogP contribution in [0.1, 0.15) is 11.1 Å². The number of hydrogen-bond acceptors (Lipinski definition) is 3. The number of carbonyl (C=O) groups excluding carboxylic acids is 1. The number of cyclic esters (lactones) is 1. The van der Waals surface area contributed by atoms with E-state index < -0.39 is 5.97 Å². The van der Waals surface area contributed by atoms with Crippen molar-refractivity contribution in [1.29, 1.82) is 0 Å². The van der Waals surface area contributed by atoms with E-state index >= 15 is 0 Å². The Balaban J connectivity index is 1.96. The Morgan fingerprint density at radius 2 is 1.81 bits per heavy atom. The van der Waals surface area contributed by atoms with Gasteiger partial charge in [-0.2, -0.15) is 0 Å². The summed E-state index contributed by atoms with van der Waals surface area (Å²) in [5, 5.41) is 0. The lowest BCUT2D eigenvalue weighted by Crippen LogP contribution is -2.05. The predicted octanol–water partition coefficient (Wildman–Crippen LogP) is 4.40. The Morgan fingerprint density at radius 1 is 1.10 bits per heavy atom. The van der Waals surface area contributed by atoms with Crippen LogP contribution >= 0.6 is 38.5 Å². The molecule has 0 saturated heterocycles. The first-order chi connectivity index (χ1) is 10.1. The lowest BCUT2D eigenvalue weighted by Gasteiger charge is -1.98. The molecule has 21 heavy (non-hydrogen) atoms. The molecular weight excluding hydrogens is 445 g/mol. The van der Waals surface area contributed by atoms with Gasteiger partial charge >= 0.3 is 5.97 Å². The molecule has 0 radical (unpaired) electrons. The summed E-state index contributed by atoms with van der Waals surface area (Å²) in [6.07, 6.45) is 1.71. The second-order valence-electron chi connectivity index (χ2n) is 4.36. The molecule has 3 nitrogen and oxygen atoms in total. The number of esters is 1. The second-order valence-corrected chi connectivity index (χ2v) is 6.46. The van der Waals surface area contributed by atoms with E-state index in [0.29, 0.717) is 11.6 Å². The van der Waals surface area contributed by atoms with E-state index in [4.69, 9.17) is 4.74 Å². The zero-order valence-electron chi connectivity index (χ0n) is 10.7. The molecule has 0 N–H and O–H groups in total. The molecule has 2 aromatic rings. The number of benzene rings is 2. The van der Waals surface area contributed by atoms with Gasteiger partial charge in [0.25, 0.3) is 0 Å². The first-order valence-electron chi connectivity index (χ1n) is 6.16. The van der Waals surface area contributed by atoms with E-state index in [-0.39, 0.29) is 0 Å². The van der Waals surface area contributed by atoms with Crippen LogP contribution < -0.4 is 0 Å². The number of hydrogen-bond donors (Lipinski definition) is 0. The number of ether oxygens (including phenoxy) is 1. The molecule has 0 bridgehead atoms. The molecule has 5 heteroatoms. The SMILES string of the molecule is O=C1OC(c2ccc(I)cc2)=N/C1=C\c1ccccc1Br. The van der Waals surface area contributed by atoms with Crippen LogP contribution in [0, 0.1) is 3.57 Å². The Kier molecular flexibility index (Phi) is 4.21. The quantitative estimate of drug-likeness (QED) is 0.384. The van der Waals surface area contributed by atoms with Crippen molar-refractivity contribution in [2.75, 3.05) is 0 Å². The molecule has 104 valence electrons. The Labute approximate surface area is 144 Å². The van der Waals surface area contributed by atoms with E-state index in [2.05, 4.69) is 43.5 Å². The predicted molar refractivity (Wildman–Crippen MR) is 93.9 cm³/mol. The molecule has 1 aliphatic heterocycles. The van der Waals surface area contributed by atoms with Gasteiger partial charge in [0.1, 0.15) is 0 Å². The van der Waals surface area contributed by atoms with E-state index in [0.717, 1.165) is 19.2 Å². The van der Waals surface area contributed by atoms with Gasteiger partial charge in [-0.3, -0.25) is 0 Å². The van der Waals surface area contributed by atoms with Crippen molar-refractivity contribution in [3.05, 3.63) is 73.4 Å². The summed E-state index contributed by atoms with van der Waals surface area (Å²) in [5.74, 6) is -0.0889. The highest BCUT2D eigenvalue weighted by Gasteiger charge is 2.24. The summed E-state index contributed by atoms with van der Waals surface area (Å²) in [7, 11) is 0. The van der Waals surface area contributed by atoms with Crippen LogP contribution in [0.25, 0.3) is 6.08 Å². The summed E-state index contributed by atoms with van der Waals surface area (Å²) in [4.78, 5) is 16.2. The van der Waals surface area contributed by atoms with E-state index in [1.165, 1.54) is 0 Å². The summed E-state index contributed by atoms with van der Waals surface area (Å²) < 4.78 is 7.26. The Bertz CT molecular complexity index is 766. The molecule has 2 aromatic carbocycles. The van der Waals surface area contributed by atoms with E-state index in [9.17, 15) is 4.79 Å². The van der Waals surface area contributed by atoms with Crippen molar-refractivity contribution >= 4 is 56.5 Å². The summed E-state index contributed by atoms with van der Waals surface area (Å²) in [5.41, 5.74) is 1.98. The number of halogens is 2. The van der Waals surface area contributed by atoms with Gasteiger partial charge in [0.15, 0.2) is 5.70 Å². The Hall–Kier alpha value is -1.47. The average Bonchev–Trinajstić information content (AvgIpc) is 2.83. The van der Waals surface area contributed by atoms with Crippen molar-refractivity contribution < 1.29 is 9.53 Å². The molecule has 0 aliphatic carbocycles. The zero-order chi connectivity index (χ0) is 14.8. The normalized spacial score (nSPS) is 16.0. The fourth-order valence-electron chi connectivity index (χ4n) is 1.86. The third-order valence-corrected chi connectivity index (χ3v) is 4.35. The molecule has 0 aromatic heterocycles. The number of aliphatic imine (C=N–C) groups is 1. The topological polar surface area (TPSA) is 38.7 Å². The lowest BCUT2D eigenvalue weighted by molar-refractivity contribution is -0.129. The number of carbonyl (C=O) groups is 1. The largest absolute Gasteiger partial charge is 0.402 e. The molecule has 1 aliphatic rings. The fourth-order valence-corrected chi connectivity index (χ4v) is 2.62. The molecule has 3 rings (SSSR count). The van der Waals surface area contributed by atoms with Gasteiger partial charge in [0.05, 0.1) is 0 Å². The van der Waals surface area contributed by atoms with Crippen LogP contribution in [0.3, 0.4) is 0 Å². The van der Waals surface area contributed by atoms with Crippen LogP contribution in [-0.2, 0) is 9.53 Å². The molecular formula is C16H9BrINO2. The lowest BCUT2D eigenvalue weighted by atomic mass is 10.2. The third kappa shape index (κ3) is 3.24. The highest BCUT2D eigenvalue weighted by atomic mass is 127. The highest BCUT2D eigenvalue weighted by molar-refractivity contribution is 14.1. The van der Waals surface area contributed by atoms with Gasteiger partial charge in [-0.15, -0.1) is 0 Å². The van der Waals surface area contributed by atoms with Crippen LogP contribution in [-0.4, -0.2) is 11.9 Å². The minimum absolute atomic E-state index is 0.301. The summed E-state index contributed by atoms with van der Waals surface area (Å²) in [6, 6.07) is 15.3. The first-order valence-corrected chi connectivity index (χ1v) is 8.04. The Morgan fingerprint density at radius 3 is 2.52 bits per heavy atom. The number of nitrogens with zero attached hydrogens (tertiary/aromatic N) is 1. The van der Waals surface area contributed by atoms with Gasteiger partial charge in [-0.25, -0.2) is 9.79 Å². The van der Waals surface area contributed by atoms with Crippen LogP contribution in [0.4, 0.5) is 0 Å². The fraction of sp³-hybridized carbons (Fsp3) is 0. The minimum Gasteiger partial charge on any atom is -0.402 e. The van der Waals surface area contributed by atoms with E-state index in [1.54, 1.807) is 6.08 Å². The van der Waals surface area contributed by atoms with Crippen LogP contribution in [0.15, 0.2) is 63.7 Å². The molecule has 0 fully saturated rings. The first kappa shape index (κ1) is 14.5. The van der Waals surface area contributed by atoms with Crippen molar-refractivity contribution in [2.24, 2.45) is 4.99 Å². The van der Waals surface area contributed by atoms with Gasteiger partial charge in [-0.05, 0) is 64.6 Å². The van der Waals surface area contributed by atoms with Crippen molar-refractivity contribution in [1.82, 2.24) is 0 Å². The van der Waals surface area contributed by atoms with Gasteiger partial charge < -0.3 is 4.74 Å². The number of rotatable bonds is 2. The van der Waals surface area contributed by atoms with Gasteiger partial charge in [0.2, 0.25) is 5.90 Å². The summed E-state index contributed by atoms with van der Waals surface area (Å²) >= 11 is 5.67. The average molecular weight is 454 g/mol. The maximum atomic E-state index is 11.9. The van der Waals surface area contributed by atoms with Gasteiger partial charge in [0, 0.05) is 13.6 Å². The molecule has 0 unspecified atom stereocenters. The molecule has 0 atom stereocenters. The maximum Gasteiger partial charge on any atom is 0.363 e. The van der Waals surface area contributed by atoms with Crippen LogP contribution in [0.5, 0.6) is 0 Å². The minimum atomic E-state index is -0.431. The monoisotopic (exact) mass is 453 g/mol. The second kappa shape index (κ2) is 6.11. The zero-order valence-corrected chi connectivity index (χ0v) is 14.5. The van der Waals surface area contributed by atoms with Crippen molar-refractivity contribution in [3.8, 4) is 0 Å². The molecule has 0 saturated carbocycles. The molecule has 1 heterocycles. The van der Waals surface area contributed by atoms with Crippen molar-refractivity contribution in [3.63, 3.8) is 0 Å². The molecule has 0 amide bonds.